The van der Waals surface area contributed by atoms with Gasteiger partial charge in [-0.2, -0.15) is 4.37 Å². The van der Waals surface area contributed by atoms with Gasteiger partial charge in [0.1, 0.15) is 34.8 Å². The minimum absolute atomic E-state index is 0.0246. The Labute approximate surface area is 221 Å². The van der Waals surface area contributed by atoms with Gasteiger partial charge in [-0.05, 0) is 24.6 Å². The van der Waals surface area contributed by atoms with Gasteiger partial charge in [-0.15, -0.1) is 0 Å². The number of nitrogens with zero attached hydrogens (tertiary/aromatic N) is 3. The summed E-state index contributed by atoms with van der Waals surface area (Å²) in [6.07, 6.45) is 1.56. The van der Waals surface area contributed by atoms with Crippen LogP contribution in [0.3, 0.4) is 0 Å². The fourth-order valence-corrected chi connectivity index (χ4v) is 5.56. The third-order valence-electron chi connectivity index (χ3n) is 4.90. The van der Waals surface area contributed by atoms with Crippen LogP contribution < -0.4 is 23.8 Å². The monoisotopic (exact) mass is 572 g/mol. The molecule has 0 aliphatic rings. The molecule has 0 radical (unpaired) electrons. The lowest BCUT2D eigenvalue weighted by Crippen LogP contribution is -2.31. The molecule has 15 heteroatoms. The maximum absolute atomic E-state index is 15.1. The molecule has 0 saturated carbocycles. The molecule has 0 fully saturated rings. The Morgan fingerprint density at radius 3 is 2.65 bits per heavy atom. The number of unbranched alkanes of at least 4 members (excludes halogenated alkanes) is 1. The average molecular weight is 573 g/mol. The van der Waals surface area contributed by atoms with Gasteiger partial charge in [0.2, 0.25) is 5.13 Å². The number of hydrogen-bond donors (Lipinski definition) is 1. The minimum atomic E-state index is -4.58. The highest BCUT2D eigenvalue weighted by atomic mass is 35.5. The molecule has 0 aliphatic carbocycles. The topological polar surface area (TPSA) is 137 Å². The van der Waals surface area contributed by atoms with Gasteiger partial charge >= 0.3 is 6.09 Å². The SMILES string of the molecule is COc1ccc(CN(c2ncns2)S(=O)(=O)c2cc(Cl)c(OC(=O)NCCCC=O)cc2F)c(OC)c1. The third kappa shape index (κ3) is 6.84. The van der Waals surface area contributed by atoms with Gasteiger partial charge in [-0.1, -0.05) is 11.6 Å². The largest absolute Gasteiger partial charge is 0.497 e. The maximum Gasteiger partial charge on any atom is 0.412 e. The number of hydrogen-bond acceptors (Lipinski definition) is 10. The molecule has 1 heterocycles. The van der Waals surface area contributed by atoms with E-state index in [2.05, 4.69) is 14.7 Å². The van der Waals surface area contributed by atoms with Crippen molar-refractivity contribution in [2.75, 3.05) is 25.1 Å². The zero-order chi connectivity index (χ0) is 27.0. The Morgan fingerprint density at radius 1 is 1.22 bits per heavy atom. The van der Waals surface area contributed by atoms with Gasteiger partial charge in [0, 0.05) is 42.2 Å². The molecule has 37 heavy (non-hydrogen) atoms. The van der Waals surface area contributed by atoms with Crippen LogP contribution in [0, 0.1) is 5.82 Å². The van der Waals surface area contributed by atoms with Crippen LogP contribution in [-0.2, 0) is 21.4 Å². The number of carbonyl (C=O) groups is 2. The predicted octanol–water partition coefficient (Wildman–Crippen LogP) is 3.81. The summed E-state index contributed by atoms with van der Waals surface area (Å²) in [5, 5.41) is 2.04. The summed E-state index contributed by atoms with van der Waals surface area (Å²) in [5.41, 5.74) is 0.444. The highest BCUT2D eigenvalue weighted by Crippen LogP contribution is 2.35. The molecule has 0 atom stereocenters. The highest BCUT2D eigenvalue weighted by Gasteiger charge is 2.32. The van der Waals surface area contributed by atoms with Crippen molar-refractivity contribution in [3.05, 3.63) is 53.1 Å². The number of methoxy groups -OCH3 is 2. The Bertz CT molecular complexity index is 1360. The van der Waals surface area contributed by atoms with Crippen molar-refractivity contribution in [3.63, 3.8) is 0 Å². The Hall–Kier alpha value is -3.49. The van der Waals surface area contributed by atoms with Crippen LogP contribution in [0.4, 0.5) is 14.3 Å². The first-order chi connectivity index (χ1) is 17.7. The van der Waals surface area contributed by atoms with E-state index in [4.69, 9.17) is 25.8 Å². The quantitative estimate of drug-likeness (QED) is 0.254. The normalized spacial score (nSPS) is 11.0. The summed E-state index contributed by atoms with van der Waals surface area (Å²) < 4.78 is 62.6. The van der Waals surface area contributed by atoms with Gasteiger partial charge in [0.05, 0.1) is 25.8 Å². The van der Waals surface area contributed by atoms with Crippen molar-refractivity contribution in [3.8, 4) is 17.2 Å². The van der Waals surface area contributed by atoms with E-state index >= 15 is 4.39 Å². The van der Waals surface area contributed by atoms with E-state index in [0.717, 1.165) is 21.9 Å². The van der Waals surface area contributed by atoms with Crippen LogP contribution in [0.5, 0.6) is 17.2 Å². The summed E-state index contributed by atoms with van der Waals surface area (Å²) in [5.74, 6) is -0.757. The lowest BCUT2D eigenvalue weighted by atomic mass is 10.2. The van der Waals surface area contributed by atoms with Crippen molar-refractivity contribution in [2.24, 2.45) is 0 Å². The summed E-state index contributed by atoms with van der Waals surface area (Å²) in [6.45, 7) is -0.126. The van der Waals surface area contributed by atoms with Gasteiger partial charge in [-0.25, -0.2) is 26.9 Å². The molecule has 0 saturated heterocycles. The molecule has 3 aromatic rings. The molecule has 3 rings (SSSR count). The first kappa shape index (κ1) is 28.1. The Balaban J connectivity index is 1.93. The lowest BCUT2D eigenvalue weighted by Gasteiger charge is -2.23. The molecule has 0 aliphatic heterocycles. The van der Waals surface area contributed by atoms with Gasteiger partial charge < -0.3 is 24.3 Å². The molecular formula is C22H22ClFN4O7S2. The van der Waals surface area contributed by atoms with Crippen LogP contribution in [0.25, 0.3) is 0 Å². The number of halogens is 2. The van der Waals surface area contributed by atoms with Crippen LogP contribution in [0.2, 0.25) is 5.02 Å². The van der Waals surface area contributed by atoms with E-state index in [0.29, 0.717) is 35.8 Å². The fraction of sp³-hybridized carbons (Fsp3) is 0.273. The number of sulfonamides is 1. The first-order valence-corrected chi connectivity index (χ1v) is 13.2. The van der Waals surface area contributed by atoms with Crippen LogP contribution >= 0.6 is 23.1 Å². The zero-order valence-electron chi connectivity index (χ0n) is 19.6. The third-order valence-corrected chi connectivity index (χ3v) is 7.75. The number of anilines is 1. The molecule has 0 unspecified atom stereocenters. The molecule has 0 bridgehead atoms. The molecule has 1 aromatic heterocycles. The molecule has 0 spiro atoms. The second-order valence-electron chi connectivity index (χ2n) is 7.25. The number of carbonyl (C=O) groups excluding carboxylic acids is 2. The average Bonchev–Trinajstić information content (AvgIpc) is 3.41. The van der Waals surface area contributed by atoms with Gasteiger partial charge in [-0.3, -0.25) is 0 Å². The number of aromatic nitrogens is 2. The van der Waals surface area contributed by atoms with E-state index in [9.17, 15) is 18.0 Å². The number of aldehydes is 1. The Morgan fingerprint density at radius 2 is 2.00 bits per heavy atom. The summed E-state index contributed by atoms with van der Waals surface area (Å²) in [6, 6.07) is 6.35. The molecular weight excluding hydrogens is 551 g/mol. The summed E-state index contributed by atoms with van der Waals surface area (Å²) >= 11 is 6.94. The number of nitrogens with one attached hydrogen (secondary N) is 1. The highest BCUT2D eigenvalue weighted by molar-refractivity contribution is 7.93. The number of rotatable bonds is 12. The predicted molar refractivity (Wildman–Crippen MR) is 134 cm³/mol. The van der Waals surface area contributed by atoms with E-state index in [1.807, 2.05) is 0 Å². The van der Waals surface area contributed by atoms with Crippen LogP contribution in [0.1, 0.15) is 18.4 Å². The van der Waals surface area contributed by atoms with E-state index < -0.39 is 26.8 Å². The Kier molecular flexibility index (Phi) is 9.60. The fourth-order valence-electron chi connectivity index (χ4n) is 3.09. The first-order valence-electron chi connectivity index (χ1n) is 10.6. The molecule has 11 nitrogen and oxygen atoms in total. The smallest absolute Gasteiger partial charge is 0.412 e. The molecule has 1 amide bonds. The van der Waals surface area contributed by atoms with Gasteiger partial charge in [0.15, 0.2) is 5.75 Å². The van der Waals surface area contributed by atoms with Gasteiger partial charge in [0.25, 0.3) is 10.0 Å². The van der Waals surface area contributed by atoms with Crippen molar-refractivity contribution in [1.82, 2.24) is 14.7 Å². The molecule has 1 N–H and O–H groups in total. The number of benzene rings is 2. The molecule has 2 aromatic carbocycles. The standard InChI is InChI=1S/C22H22ClFN4O7S2/c1-33-15-6-5-14(18(9-15)34-2)12-28(21-26-13-27-36-21)37(31,32)20-10-16(23)19(11-17(20)24)35-22(30)25-7-3-4-8-29/h5-6,8-11,13H,3-4,7,12H2,1-2H3,(H,25,30). The zero-order valence-corrected chi connectivity index (χ0v) is 22.0. The second-order valence-corrected chi connectivity index (χ2v) is 10.2. The minimum Gasteiger partial charge on any atom is -0.497 e. The number of ether oxygens (including phenoxy) is 3. The van der Waals surface area contributed by atoms with E-state index in [1.165, 1.54) is 20.5 Å². The maximum atomic E-state index is 15.1. The molecule has 198 valence electrons. The summed E-state index contributed by atoms with van der Waals surface area (Å²) in [4.78, 5) is 25.5. The lowest BCUT2D eigenvalue weighted by molar-refractivity contribution is -0.107. The van der Waals surface area contributed by atoms with E-state index in [1.54, 1.807) is 18.2 Å². The van der Waals surface area contributed by atoms with Crippen LogP contribution in [0.15, 0.2) is 41.6 Å². The number of amides is 1. The summed E-state index contributed by atoms with van der Waals surface area (Å²) in [7, 11) is -1.68. The van der Waals surface area contributed by atoms with Crippen molar-refractivity contribution in [2.45, 2.75) is 24.3 Å². The van der Waals surface area contributed by atoms with Crippen molar-refractivity contribution >= 4 is 50.7 Å². The van der Waals surface area contributed by atoms with Crippen LogP contribution in [-0.4, -0.2) is 50.9 Å². The second kappa shape index (κ2) is 12.7. The van der Waals surface area contributed by atoms with Crippen molar-refractivity contribution in [1.29, 1.82) is 0 Å². The van der Waals surface area contributed by atoms with Crippen molar-refractivity contribution < 1.29 is 36.6 Å². The van der Waals surface area contributed by atoms with E-state index in [-0.39, 0.29) is 35.4 Å².